The van der Waals surface area contributed by atoms with Gasteiger partial charge >= 0.3 is 5.69 Å². The molecule has 1 unspecified atom stereocenters. The van der Waals surface area contributed by atoms with E-state index >= 15 is 0 Å². The van der Waals surface area contributed by atoms with Crippen LogP contribution in [-0.4, -0.2) is 9.85 Å². The summed E-state index contributed by atoms with van der Waals surface area (Å²) in [5.41, 5.74) is 14.1. The Hall–Kier alpha value is -4.76. The average molecular weight is 456 g/mol. The largest absolute Gasteiger partial charge is 0.450 e. The van der Waals surface area contributed by atoms with Gasteiger partial charge in [-0.1, -0.05) is 60.7 Å². The zero-order chi connectivity index (χ0) is 24.3. The number of benzene rings is 4. The van der Waals surface area contributed by atoms with Crippen molar-refractivity contribution < 1.29 is 14.6 Å². The van der Waals surface area contributed by atoms with Crippen LogP contribution in [0.25, 0.3) is 0 Å². The number of nitrogens with two attached hydrogens (primary N) is 2. The van der Waals surface area contributed by atoms with E-state index in [1.165, 1.54) is 6.07 Å². The van der Waals surface area contributed by atoms with Gasteiger partial charge in [0.2, 0.25) is 5.75 Å². The minimum Gasteiger partial charge on any atom is -0.450 e. The second kappa shape index (κ2) is 9.00. The van der Waals surface area contributed by atoms with Crippen molar-refractivity contribution in [2.24, 2.45) is 5.73 Å². The van der Waals surface area contributed by atoms with Crippen LogP contribution in [0.4, 0.5) is 17.1 Å². The van der Waals surface area contributed by atoms with E-state index in [2.05, 4.69) is 0 Å². The molecule has 4 aromatic rings. The minimum atomic E-state index is -1.06. The highest BCUT2D eigenvalue weighted by Gasteiger charge is 2.33. The molecule has 0 aliphatic heterocycles. The summed E-state index contributed by atoms with van der Waals surface area (Å²) in [5, 5.41) is 22.3. The first kappa shape index (κ1) is 22.4. The van der Waals surface area contributed by atoms with Crippen molar-refractivity contribution in [3.63, 3.8) is 0 Å². The minimum absolute atomic E-state index is 0.113. The molecule has 0 bridgehead atoms. The van der Waals surface area contributed by atoms with E-state index in [4.69, 9.17) is 16.2 Å². The third kappa shape index (κ3) is 4.15. The normalized spacial score (nSPS) is 12.5. The molecule has 0 amide bonds. The topological polar surface area (TPSA) is 148 Å². The Morgan fingerprint density at radius 1 is 0.735 bits per heavy atom. The number of ether oxygens (including phenoxy) is 1. The van der Waals surface area contributed by atoms with Crippen molar-refractivity contribution in [1.29, 1.82) is 0 Å². The summed E-state index contributed by atoms with van der Waals surface area (Å²) in [6.45, 7) is 0. The summed E-state index contributed by atoms with van der Waals surface area (Å²) in [7, 11) is 0. The van der Waals surface area contributed by atoms with Crippen LogP contribution in [0.15, 0.2) is 97.1 Å². The van der Waals surface area contributed by atoms with Gasteiger partial charge in [-0.05, 0) is 35.4 Å². The average Bonchev–Trinajstić information content (AvgIpc) is 2.85. The van der Waals surface area contributed by atoms with Crippen LogP contribution >= 0.6 is 0 Å². The van der Waals surface area contributed by atoms with E-state index in [1.54, 1.807) is 30.3 Å². The van der Waals surface area contributed by atoms with Crippen LogP contribution in [0.3, 0.4) is 0 Å². The predicted octanol–water partition coefficient (Wildman–Crippen LogP) is 5.13. The molecule has 0 spiro atoms. The molecular weight excluding hydrogens is 436 g/mol. The Labute approximate surface area is 194 Å². The lowest BCUT2D eigenvalue weighted by Crippen LogP contribution is -2.39. The molecule has 0 aromatic heterocycles. The number of nitro groups is 2. The van der Waals surface area contributed by atoms with Gasteiger partial charge in [-0.25, -0.2) is 0 Å². The highest BCUT2D eigenvalue weighted by atomic mass is 16.6. The fraction of sp³-hybridized carbons (Fsp3) is 0.0400. The Balaban J connectivity index is 1.73. The van der Waals surface area contributed by atoms with E-state index in [-0.39, 0.29) is 5.75 Å². The zero-order valence-corrected chi connectivity index (χ0v) is 17.8. The number of anilines is 1. The maximum Gasteiger partial charge on any atom is 0.318 e. The van der Waals surface area contributed by atoms with E-state index < -0.39 is 26.8 Å². The van der Waals surface area contributed by atoms with Gasteiger partial charge in [-0.3, -0.25) is 20.2 Å². The van der Waals surface area contributed by atoms with Crippen molar-refractivity contribution in [2.45, 2.75) is 5.54 Å². The van der Waals surface area contributed by atoms with Crippen molar-refractivity contribution in [3.05, 3.63) is 134 Å². The van der Waals surface area contributed by atoms with Gasteiger partial charge in [0.1, 0.15) is 5.75 Å². The first-order valence-electron chi connectivity index (χ1n) is 10.2. The molecule has 0 aliphatic carbocycles. The van der Waals surface area contributed by atoms with Gasteiger partial charge in [0.05, 0.1) is 21.5 Å². The number of rotatable bonds is 7. The summed E-state index contributed by atoms with van der Waals surface area (Å²) in [5.74, 6) is 0.190. The molecule has 0 aliphatic rings. The van der Waals surface area contributed by atoms with Gasteiger partial charge in [-0.2, -0.15) is 0 Å². The van der Waals surface area contributed by atoms with Crippen molar-refractivity contribution in [1.82, 2.24) is 0 Å². The summed E-state index contributed by atoms with van der Waals surface area (Å²) >= 11 is 0. The van der Waals surface area contributed by atoms with Crippen molar-refractivity contribution in [3.8, 4) is 11.5 Å². The number of hydrogen-bond donors (Lipinski definition) is 2. The number of non-ortho nitro benzene ring substituents is 1. The molecule has 0 saturated carbocycles. The molecule has 4 aromatic carbocycles. The number of para-hydroxylation sites is 1. The second-order valence-electron chi connectivity index (χ2n) is 7.55. The van der Waals surface area contributed by atoms with Gasteiger partial charge in [-0.15, -0.1) is 0 Å². The molecule has 170 valence electrons. The molecular formula is C25H20N4O5. The molecule has 1 atom stereocenters. The third-order valence-electron chi connectivity index (χ3n) is 5.50. The van der Waals surface area contributed by atoms with Crippen LogP contribution in [-0.2, 0) is 5.54 Å². The summed E-state index contributed by atoms with van der Waals surface area (Å²) in [6, 6.07) is 26.8. The van der Waals surface area contributed by atoms with Crippen LogP contribution in [0.5, 0.6) is 11.5 Å². The zero-order valence-electron chi connectivity index (χ0n) is 17.8. The number of nitro benzene ring substituents is 2. The molecule has 0 saturated heterocycles. The van der Waals surface area contributed by atoms with Crippen LogP contribution < -0.4 is 16.2 Å². The lowest BCUT2D eigenvalue weighted by atomic mass is 9.77. The van der Waals surface area contributed by atoms with Gasteiger partial charge in [0.15, 0.2) is 0 Å². The van der Waals surface area contributed by atoms with Gasteiger partial charge < -0.3 is 16.2 Å². The molecule has 4 rings (SSSR count). The lowest BCUT2D eigenvalue weighted by molar-refractivity contribution is -0.394. The van der Waals surface area contributed by atoms with Crippen LogP contribution in [0, 0.1) is 20.2 Å². The van der Waals surface area contributed by atoms with Crippen molar-refractivity contribution >= 4 is 17.1 Å². The van der Waals surface area contributed by atoms with Crippen LogP contribution in [0.2, 0.25) is 0 Å². The molecule has 0 fully saturated rings. The van der Waals surface area contributed by atoms with Gasteiger partial charge in [0.25, 0.3) is 5.69 Å². The molecule has 0 heterocycles. The Morgan fingerprint density at radius 3 is 1.97 bits per heavy atom. The maximum absolute atomic E-state index is 11.4. The maximum atomic E-state index is 11.4. The SMILES string of the molecule is Nc1ccccc1C(N)(c1ccccc1)c1ccc(Oc2ccc([N+](=O)[O-])cc2[N+](=O)[O-])cc1. The highest BCUT2D eigenvalue weighted by molar-refractivity contribution is 5.60. The van der Waals surface area contributed by atoms with E-state index in [9.17, 15) is 20.2 Å². The third-order valence-corrected chi connectivity index (χ3v) is 5.50. The highest BCUT2D eigenvalue weighted by Crippen LogP contribution is 2.39. The number of nitrogens with zero attached hydrogens (tertiary/aromatic N) is 2. The first-order valence-corrected chi connectivity index (χ1v) is 10.2. The fourth-order valence-corrected chi connectivity index (χ4v) is 3.80. The summed E-state index contributed by atoms with van der Waals surface area (Å²) < 4.78 is 5.68. The monoisotopic (exact) mass is 456 g/mol. The van der Waals surface area contributed by atoms with Crippen LogP contribution in [0.1, 0.15) is 16.7 Å². The van der Waals surface area contributed by atoms with Gasteiger partial charge in [0, 0.05) is 17.3 Å². The molecule has 9 heteroatoms. The smallest absolute Gasteiger partial charge is 0.318 e. The molecule has 0 radical (unpaired) electrons. The number of nitrogen functional groups attached to an aromatic ring is 1. The van der Waals surface area contributed by atoms with E-state index in [1.807, 2.05) is 48.5 Å². The van der Waals surface area contributed by atoms with Crippen molar-refractivity contribution in [2.75, 3.05) is 5.73 Å². The standard InChI is InChI=1S/C25H20N4O5/c26-22-9-5-4-8-21(22)25(27,17-6-2-1-3-7-17)18-10-13-20(14-11-18)34-24-15-12-19(28(30)31)16-23(24)29(32)33/h1-16H,26-27H2. The quantitative estimate of drug-likeness (QED) is 0.169. The molecule has 4 N–H and O–H groups in total. The summed E-state index contributed by atoms with van der Waals surface area (Å²) in [4.78, 5) is 20.9. The Bertz CT molecular complexity index is 1360. The molecule has 34 heavy (non-hydrogen) atoms. The van der Waals surface area contributed by atoms with E-state index in [0.717, 1.165) is 28.8 Å². The number of hydrogen-bond acceptors (Lipinski definition) is 7. The van der Waals surface area contributed by atoms with E-state index in [0.29, 0.717) is 11.4 Å². The Morgan fingerprint density at radius 2 is 1.35 bits per heavy atom. The predicted molar refractivity (Wildman–Crippen MR) is 128 cm³/mol. The summed E-state index contributed by atoms with van der Waals surface area (Å²) in [6.07, 6.45) is 0. The lowest BCUT2D eigenvalue weighted by Gasteiger charge is -2.32. The second-order valence-corrected chi connectivity index (χ2v) is 7.55. The fourth-order valence-electron chi connectivity index (χ4n) is 3.80. The first-order chi connectivity index (χ1) is 16.3. The Kier molecular flexibility index (Phi) is 5.94. The molecule has 9 nitrogen and oxygen atoms in total.